The summed E-state index contributed by atoms with van der Waals surface area (Å²) in [6.45, 7) is 6.58. The third-order valence-electron chi connectivity index (χ3n) is 6.98. The molecule has 3 heterocycles. The van der Waals surface area contributed by atoms with Gasteiger partial charge in [0.05, 0.1) is 50.7 Å². The molecular formula is C30H34N4O5S. The van der Waals surface area contributed by atoms with E-state index in [9.17, 15) is 9.59 Å². The molecule has 5 rings (SSSR count). The lowest BCUT2D eigenvalue weighted by atomic mass is 9.91. The number of fused-ring (bicyclic) bond motifs is 1. The minimum Gasteiger partial charge on any atom is -0.497 e. The molecule has 3 aliphatic rings. The fourth-order valence-electron chi connectivity index (χ4n) is 5.00. The predicted molar refractivity (Wildman–Crippen MR) is 156 cm³/mol. The lowest BCUT2D eigenvalue weighted by molar-refractivity contribution is -0.139. The number of benzene rings is 2. The van der Waals surface area contributed by atoms with Crippen molar-refractivity contribution in [3.8, 4) is 5.75 Å². The number of nitrogens with one attached hydrogen (secondary N) is 1. The Morgan fingerprint density at radius 2 is 1.85 bits per heavy atom. The second-order valence-corrected chi connectivity index (χ2v) is 10.3. The van der Waals surface area contributed by atoms with Gasteiger partial charge in [-0.1, -0.05) is 54.2 Å². The summed E-state index contributed by atoms with van der Waals surface area (Å²) in [5.74, 6) is 0.200. The number of carbonyl (C=O) groups is 2. The zero-order chi connectivity index (χ0) is 27.9. The van der Waals surface area contributed by atoms with Gasteiger partial charge in [0.25, 0.3) is 0 Å². The largest absolute Gasteiger partial charge is 0.497 e. The van der Waals surface area contributed by atoms with Gasteiger partial charge in [0.2, 0.25) is 5.91 Å². The SMILES string of the molecule is CCOC(=O)C1=C(c2ccccc2)N=C2SC=C(CC(=O)NCCN3CCOCC3)N2[C@@H]1c1ccc(OC)cc1. The lowest BCUT2D eigenvalue weighted by Crippen LogP contribution is -2.42. The summed E-state index contributed by atoms with van der Waals surface area (Å²) in [4.78, 5) is 35.9. The number of aliphatic imine (C=N–C) groups is 1. The molecule has 210 valence electrons. The van der Waals surface area contributed by atoms with Crippen LogP contribution in [-0.2, 0) is 19.1 Å². The maximum atomic E-state index is 13.6. The highest BCUT2D eigenvalue weighted by molar-refractivity contribution is 8.16. The number of amidine groups is 1. The number of methoxy groups -OCH3 is 1. The molecule has 1 N–H and O–H groups in total. The monoisotopic (exact) mass is 562 g/mol. The van der Waals surface area contributed by atoms with Crippen LogP contribution in [0.1, 0.15) is 30.5 Å². The van der Waals surface area contributed by atoms with Gasteiger partial charge in [-0.25, -0.2) is 9.79 Å². The predicted octanol–water partition coefficient (Wildman–Crippen LogP) is 3.81. The van der Waals surface area contributed by atoms with Crippen molar-refractivity contribution in [2.75, 3.05) is 53.1 Å². The average Bonchev–Trinajstić information content (AvgIpc) is 3.39. The number of rotatable bonds is 10. The van der Waals surface area contributed by atoms with Gasteiger partial charge in [-0.2, -0.15) is 0 Å². The number of thioether (sulfide) groups is 1. The summed E-state index contributed by atoms with van der Waals surface area (Å²) in [5, 5.41) is 5.72. The molecule has 0 bridgehead atoms. The molecule has 40 heavy (non-hydrogen) atoms. The second kappa shape index (κ2) is 13.2. The first-order valence-corrected chi connectivity index (χ1v) is 14.4. The molecule has 0 aromatic heterocycles. The summed E-state index contributed by atoms with van der Waals surface area (Å²) in [5.41, 5.74) is 3.48. The normalized spacial score (nSPS) is 19.1. The van der Waals surface area contributed by atoms with E-state index < -0.39 is 12.0 Å². The van der Waals surface area contributed by atoms with Crippen LogP contribution in [0.2, 0.25) is 0 Å². The molecule has 2 aromatic carbocycles. The fourth-order valence-corrected chi connectivity index (χ4v) is 5.91. The van der Waals surface area contributed by atoms with Crippen LogP contribution < -0.4 is 10.1 Å². The van der Waals surface area contributed by atoms with Crippen molar-refractivity contribution in [2.24, 2.45) is 4.99 Å². The highest BCUT2D eigenvalue weighted by atomic mass is 32.2. The van der Waals surface area contributed by atoms with E-state index in [0.29, 0.717) is 28.7 Å². The van der Waals surface area contributed by atoms with Gasteiger partial charge in [0.15, 0.2) is 5.17 Å². The number of amides is 1. The number of hydrogen-bond acceptors (Lipinski definition) is 9. The lowest BCUT2D eigenvalue weighted by Gasteiger charge is -2.37. The van der Waals surface area contributed by atoms with Crippen molar-refractivity contribution in [3.63, 3.8) is 0 Å². The van der Waals surface area contributed by atoms with Crippen molar-refractivity contribution in [1.29, 1.82) is 0 Å². The summed E-state index contributed by atoms with van der Waals surface area (Å²) in [6.07, 6.45) is 0.165. The number of hydrogen-bond donors (Lipinski definition) is 1. The van der Waals surface area contributed by atoms with Crippen LogP contribution in [-0.4, -0.2) is 80.0 Å². The van der Waals surface area contributed by atoms with E-state index in [2.05, 4.69) is 10.2 Å². The molecular weight excluding hydrogens is 528 g/mol. The third-order valence-corrected chi connectivity index (χ3v) is 7.87. The summed E-state index contributed by atoms with van der Waals surface area (Å²) in [7, 11) is 1.62. The smallest absolute Gasteiger partial charge is 0.338 e. The molecule has 1 amide bonds. The number of ether oxygens (including phenoxy) is 3. The van der Waals surface area contributed by atoms with Crippen molar-refractivity contribution < 1.29 is 23.8 Å². The fraction of sp³-hybridized carbons (Fsp3) is 0.367. The number of morpholine rings is 1. The number of nitrogens with zero attached hydrogens (tertiary/aromatic N) is 3. The Morgan fingerprint density at radius 3 is 2.55 bits per heavy atom. The van der Waals surface area contributed by atoms with E-state index in [0.717, 1.165) is 49.7 Å². The van der Waals surface area contributed by atoms with Crippen LogP contribution in [0, 0.1) is 0 Å². The Hall–Kier alpha value is -3.60. The Labute approximate surface area is 238 Å². The van der Waals surface area contributed by atoms with Gasteiger partial charge < -0.3 is 24.4 Å². The van der Waals surface area contributed by atoms with Gasteiger partial charge in [-0.05, 0) is 30.0 Å². The summed E-state index contributed by atoms with van der Waals surface area (Å²) >= 11 is 1.46. The highest BCUT2D eigenvalue weighted by Crippen LogP contribution is 2.47. The van der Waals surface area contributed by atoms with Crippen molar-refractivity contribution in [1.82, 2.24) is 15.1 Å². The molecule has 0 spiro atoms. The Kier molecular flexibility index (Phi) is 9.20. The standard InChI is InChI=1S/C30H34N4O5S/c1-3-39-29(36)26-27(21-7-5-4-6-8-21)32-30-34(28(26)22-9-11-24(37-2)12-10-22)23(20-40-30)19-25(35)31-13-14-33-15-17-38-18-16-33/h4-12,20,28H,3,13-19H2,1-2H3,(H,31,35)/t28-/m1/s1. The van der Waals surface area contributed by atoms with E-state index in [1.54, 1.807) is 14.0 Å². The Morgan fingerprint density at radius 1 is 1.10 bits per heavy atom. The molecule has 0 radical (unpaired) electrons. The molecule has 1 saturated heterocycles. The van der Waals surface area contributed by atoms with Gasteiger partial charge >= 0.3 is 5.97 Å². The highest BCUT2D eigenvalue weighted by Gasteiger charge is 2.42. The van der Waals surface area contributed by atoms with Crippen LogP contribution in [0.25, 0.3) is 5.70 Å². The van der Waals surface area contributed by atoms with Gasteiger partial charge in [0, 0.05) is 37.4 Å². The topological polar surface area (TPSA) is 92.7 Å². The molecule has 9 nitrogen and oxygen atoms in total. The maximum absolute atomic E-state index is 13.6. The van der Waals surface area contributed by atoms with E-state index >= 15 is 0 Å². The molecule has 2 aromatic rings. The van der Waals surface area contributed by atoms with Crippen LogP contribution in [0.3, 0.4) is 0 Å². The van der Waals surface area contributed by atoms with Crippen LogP contribution >= 0.6 is 11.8 Å². The van der Waals surface area contributed by atoms with Crippen molar-refractivity contribution >= 4 is 34.5 Å². The quantitative estimate of drug-likeness (QED) is 0.437. The zero-order valence-corrected chi connectivity index (χ0v) is 23.6. The van der Waals surface area contributed by atoms with Crippen LogP contribution in [0.15, 0.2) is 76.3 Å². The molecule has 3 aliphatic heterocycles. The van der Waals surface area contributed by atoms with Gasteiger partial charge in [-0.15, -0.1) is 0 Å². The summed E-state index contributed by atoms with van der Waals surface area (Å²) < 4.78 is 16.4. The molecule has 1 atom stereocenters. The number of carbonyl (C=O) groups excluding carboxylic acids is 2. The molecule has 0 saturated carbocycles. The molecule has 0 unspecified atom stereocenters. The Balaban J connectivity index is 1.45. The summed E-state index contributed by atoms with van der Waals surface area (Å²) in [6, 6.07) is 16.8. The minimum atomic E-state index is -0.532. The first kappa shape index (κ1) is 27.9. The van der Waals surface area contributed by atoms with Crippen LogP contribution in [0.5, 0.6) is 5.75 Å². The van der Waals surface area contributed by atoms with Crippen molar-refractivity contribution in [3.05, 3.63) is 82.4 Å². The zero-order valence-electron chi connectivity index (χ0n) is 22.8. The van der Waals surface area contributed by atoms with E-state index in [1.165, 1.54) is 11.8 Å². The average molecular weight is 563 g/mol. The van der Waals surface area contributed by atoms with E-state index in [4.69, 9.17) is 19.2 Å². The first-order valence-electron chi connectivity index (χ1n) is 13.5. The number of esters is 1. The minimum absolute atomic E-state index is 0.0784. The third kappa shape index (κ3) is 6.24. The van der Waals surface area contributed by atoms with E-state index in [1.807, 2.05) is 64.9 Å². The van der Waals surface area contributed by atoms with Crippen LogP contribution in [0.4, 0.5) is 0 Å². The van der Waals surface area contributed by atoms with Gasteiger partial charge in [-0.3, -0.25) is 9.69 Å². The first-order chi connectivity index (χ1) is 19.6. The maximum Gasteiger partial charge on any atom is 0.338 e. The molecule has 0 aliphatic carbocycles. The Bertz CT molecular complexity index is 1300. The second-order valence-electron chi connectivity index (χ2n) is 9.50. The molecule has 1 fully saturated rings. The van der Waals surface area contributed by atoms with E-state index in [-0.39, 0.29) is 18.9 Å². The van der Waals surface area contributed by atoms with Crippen molar-refractivity contribution in [2.45, 2.75) is 19.4 Å². The van der Waals surface area contributed by atoms with Gasteiger partial charge in [0.1, 0.15) is 5.75 Å². The molecule has 10 heteroatoms.